The highest BCUT2D eigenvalue weighted by molar-refractivity contribution is 5.94. The highest BCUT2D eigenvalue weighted by Gasteiger charge is 2.31. The van der Waals surface area contributed by atoms with E-state index in [0.29, 0.717) is 44.6 Å². The monoisotopic (exact) mass is 394 g/mol. The van der Waals surface area contributed by atoms with E-state index < -0.39 is 0 Å². The molecule has 0 saturated carbocycles. The fourth-order valence-corrected chi connectivity index (χ4v) is 4.29. The molecule has 6 heteroatoms. The zero-order valence-electron chi connectivity index (χ0n) is 17.0. The van der Waals surface area contributed by atoms with Crippen LogP contribution in [0.25, 0.3) is 0 Å². The Hall–Kier alpha value is -2.44. The van der Waals surface area contributed by atoms with Gasteiger partial charge >= 0.3 is 0 Å². The molecular formula is C23H30N4O2. The molecule has 1 N–H and O–H groups in total. The Kier molecular flexibility index (Phi) is 6.42. The Morgan fingerprint density at radius 3 is 2.83 bits per heavy atom. The first kappa shape index (κ1) is 19.9. The second-order valence-electron chi connectivity index (χ2n) is 7.78. The molecule has 1 atom stereocenters. The summed E-state index contributed by atoms with van der Waals surface area (Å²) in [5, 5.41) is 8.40. The first-order valence-corrected chi connectivity index (χ1v) is 10.6. The Morgan fingerprint density at radius 1 is 1.28 bits per heavy atom. The van der Waals surface area contributed by atoms with E-state index in [4.69, 9.17) is 9.84 Å². The van der Waals surface area contributed by atoms with Gasteiger partial charge in [0, 0.05) is 30.4 Å². The van der Waals surface area contributed by atoms with Crippen LogP contribution < -0.4 is 5.32 Å². The van der Waals surface area contributed by atoms with Crippen molar-refractivity contribution in [2.24, 2.45) is 0 Å². The van der Waals surface area contributed by atoms with E-state index >= 15 is 0 Å². The van der Waals surface area contributed by atoms with Gasteiger partial charge < -0.3 is 15.0 Å². The average Bonchev–Trinajstić information content (AvgIpc) is 3.13. The van der Waals surface area contributed by atoms with Crippen LogP contribution in [-0.2, 0) is 30.5 Å². The van der Waals surface area contributed by atoms with Gasteiger partial charge in [0.2, 0.25) is 0 Å². The number of carbonyl (C=O) groups excluding carboxylic acids is 1. The summed E-state index contributed by atoms with van der Waals surface area (Å²) in [6.07, 6.45) is 5.72. The number of amides is 1. The molecule has 2 aliphatic rings. The van der Waals surface area contributed by atoms with Crippen molar-refractivity contribution in [2.45, 2.75) is 38.3 Å². The number of nitrogens with one attached hydrogen (secondary N) is 1. The minimum atomic E-state index is 0.0392. The van der Waals surface area contributed by atoms with E-state index in [1.165, 1.54) is 11.3 Å². The quantitative estimate of drug-likeness (QED) is 0.732. The minimum absolute atomic E-state index is 0.0392. The molecule has 1 aromatic carbocycles. The molecule has 1 saturated heterocycles. The van der Waals surface area contributed by atoms with Crippen LogP contribution in [0.5, 0.6) is 0 Å². The van der Waals surface area contributed by atoms with Gasteiger partial charge in [0.25, 0.3) is 5.91 Å². The lowest BCUT2D eigenvalue weighted by Crippen LogP contribution is -2.42. The maximum absolute atomic E-state index is 13.1. The van der Waals surface area contributed by atoms with Crippen LogP contribution >= 0.6 is 0 Å². The van der Waals surface area contributed by atoms with Crippen molar-refractivity contribution in [3.63, 3.8) is 0 Å². The van der Waals surface area contributed by atoms with Crippen LogP contribution in [0.1, 0.15) is 33.7 Å². The third-order valence-electron chi connectivity index (χ3n) is 5.84. The summed E-state index contributed by atoms with van der Waals surface area (Å²) >= 11 is 0. The summed E-state index contributed by atoms with van der Waals surface area (Å²) in [4.78, 5) is 15.0. The molecule has 2 aromatic rings. The fourth-order valence-electron chi connectivity index (χ4n) is 4.29. The molecule has 0 spiro atoms. The van der Waals surface area contributed by atoms with Gasteiger partial charge in [-0.1, -0.05) is 36.4 Å². The molecule has 1 amide bonds. The van der Waals surface area contributed by atoms with E-state index in [1.807, 2.05) is 21.7 Å². The van der Waals surface area contributed by atoms with E-state index in [1.54, 1.807) is 0 Å². The predicted octanol–water partition coefficient (Wildman–Crippen LogP) is 2.23. The van der Waals surface area contributed by atoms with E-state index in [-0.39, 0.29) is 5.91 Å². The van der Waals surface area contributed by atoms with Crippen molar-refractivity contribution in [3.05, 3.63) is 65.5 Å². The Balaban J connectivity index is 1.46. The third-order valence-corrected chi connectivity index (χ3v) is 5.84. The van der Waals surface area contributed by atoms with Crippen LogP contribution in [-0.4, -0.2) is 59.5 Å². The lowest BCUT2D eigenvalue weighted by molar-refractivity contribution is 0.0297. The Labute approximate surface area is 172 Å². The molecule has 2 heterocycles. The first-order chi connectivity index (χ1) is 14.3. The maximum Gasteiger partial charge on any atom is 0.274 e. The molecule has 1 aliphatic carbocycles. The lowest BCUT2D eigenvalue weighted by Gasteiger charge is -2.28. The molecule has 0 bridgehead atoms. The van der Waals surface area contributed by atoms with Gasteiger partial charge in [-0.15, -0.1) is 6.58 Å². The average molecular weight is 395 g/mol. The largest absolute Gasteiger partial charge is 0.378 e. The van der Waals surface area contributed by atoms with Crippen LogP contribution in [0.15, 0.2) is 43.0 Å². The highest BCUT2D eigenvalue weighted by atomic mass is 16.5. The van der Waals surface area contributed by atoms with Crippen molar-refractivity contribution < 1.29 is 9.53 Å². The number of benzene rings is 1. The summed E-state index contributed by atoms with van der Waals surface area (Å²) in [6.45, 7) is 7.92. The summed E-state index contributed by atoms with van der Waals surface area (Å²) in [6, 6.07) is 10.9. The number of aromatic nitrogens is 2. The summed E-state index contributed by atoms with van der Waals surface area (Å²) in [5.74, 6) is 0.0392. The van der Waals surface area contributed by atoms with Crippen molar-refractivity contribution in [2.75, 3.05) is 32.8 Å². The molecule has 1 unspecified atom stereocenters. The number of fused-ring (bicyclic) bond motifs is 1. The molecule has 29 heavy (non-hydrogen) atoms. The van der Waals surface area contributed by atoms with Gasteiger partial charge in [-0.3, -0.25) is 9.48 Å². The van der Waals surface area contributed by atoms with Gasteiger partial charge in [0.05, 0.1) is 19.8 Å². The summed E-state index contributed by atoms with van der Waals surface area (Å²) < 4.78 is 7.37. The van der Waals surface area contributed by atoms with Gasteiger partial charge in [-0.2, -0.15) is 5.10 Å². The van der Waals surface area contributed by atoms with Crippen LogP contribution in [0.2, 0.25) is 0 Å². The van der Waals surface area contributed by atoms with Crippen LogP contribution in [0.4, 0.5) is 0 Å². The van der Waals surface area contributed by atoms with E-state index in [9.17, 15) is 4.79 Å². The number of hydrogen-bond acceptors (Lipinski definition) is 4. The zero-order valence-corrected chi connectivity index (χ0v) is 17.0. The second kappa shape index (κ2) is 9.37. The Bertz CT molecular complexity index is 840. The van der Waals surface area contributed by atoms with Crippen molar-refractivity contribution in [1.82, 2.24) is 20.0 Å². The number of hydrogen-bond donors (Lipinski definition) is 1. The van der Waals surface area contributed by atoms with Gasteiger partial charge in [-0.05, 0) is 37.8 Å². The van der Waals surface area contributed by atoms with E-state index in [2.05, 4.69) is 36.2 Å². The van der Waals surface area contributed by atoms with E-state index in [0.717, 1.165) is 37.8 Å². The fraction of sp³-hybridized carbons (Fsp3) is 0.478. The normalized spacial score (nSPS) is 19.0. The molecule has 4 rings (SSSR count). The number of nitrogens with zero attached hydrogens (tertiary/aromatic N) is 3. The molecule has 1 fully saturated rings. The smallest absolute Gasteiger partial charge is 0.274 e. The third kappa shape index (κ3) is 4.60. The number of allylic oxidation sites excluding steroid dienone is 1. The highest BCUT2D eigenvalue weighted by Crippen LogP contribution is 2.26. The van der Waals surface area contributed by atoms with Gasteiger partial charge in [-0.25, -0.2) is 0 Å². The SMILES string of the molecule is C=CCn1nc(C(=O)N2CCOCC2)c2c1CCC(NCCc1ccccc1)C2. The molecule has 0 radical (unpaired) electrons. The molecular weight excluding hydrogens is 364 g/mol. The Morgan fingerprint density at radius 2 is 2.07 bits per heavy atom. The second-order valence-corrected chi connectivity index (χ2v) is 7.78. The molecule has 6 nitrogen and oxygen atoms in total. The summed E-state index contributed by atoms with van der Waals surface area (Å²) in [5.41, 5.74) is 4.28. The van der Waals surface area contributed by atoms with Crippen LogP contribution in [0, 0.1) is 0 Å². The predicted molar refractivity (Wildman–Crippen MR) is 113 cm³/mol. The summed E-state index contributed by atoms with van der Waals surface area (Å²) in [7, 11) is 0. The lowest BCUT2D eigenvalue weighted by atomic mass is 9.91. The molecule has 1 aromatic heterocycles. The first-order valence-electron chi connectivity index (χ1n) is 10.6. The van der Waals surface area contributed by atoms with Gasteiger partial charge in [0.1, 0.15) is 0 Å². The number of ether oxygens (including phenoxy) is 1. The number of rotatable bonds is 7. The number of carbonyl (C=O) groups is 1. The van der Waals surface area contributed by atoms with Gasteiger partial charge in [0.15, 0.2) is 5.69 Å². The standard InChI is InChI=1S/C23H30N4O2/c1-2-12-27-21-9-8-19(24-11-10-18-6-4-3-5-7-18)17-20(21)22(25-27)23(28)26-13-15-29-16-14-26/h2-7,19,24H,1,8-17H2. The van der Waals surface area contributed by atoms with Crippen molar-refractivity contribution in [3.8, 4) is 0 Å². The molecule has 1 aliphatic heterocycles. The minimum Gasteiger partial charge on any atom is -0.378 e. The van der Waals surface area contributed by atoms with Crippen LogP contribution in [0.3, 0.4) is 0 Å². The zero-order chi connectivity index (χ0) is 20.1. The van der Waals surface area contributed by atoms with Crippen molar-refractivity contribution >= 4 is 5.91 Å². The maximum atomic E-state index is 13.1. The molecule has 154 valence electrons. The van der Waals surface area contributed by atoms with Crippen molar-refractivity contribution in [1.29, 1.82) is 0 Å². The number of morpholine rings is 1. The topological polar surface area (TPSA) is 59.4 Å².